The summed E-state index contributed by atoms with van der Waals surface area (Å²) in [6.07, 6.45) is 0.279. The highest BCUT2D eigenvalue weighted by Crippen LogP contribution is 2.30. The minimum absolute atomic E-state index is 0.139. The largest absolute Gasteiger partial charge is 0.465 e. The summed E-state index contributed by atoms with van der Waals surface area (Å²) in [5.41, 5.74) is 5.73. The second kappa shape index (κ2) is 5.11. The van der Waals surface area contributed by atoms with Gasteiger partial charge < -0.3 is 20.1 Å². The Bertz CT molecular complexity index is 439. The minimum atomic E-state index is -0.439. The summed E-state index contributed by atoms with van der Waals surface area (Å²) in [6.45, 7) is 5.53. The van der Waals surface area contributed by atoms with Gasteiger partial charge in [-0.3, -0.25) is 0 Å². The fourth-order valence-corrected chi connectivity index (χ4v) is 2.95. The van der Waals surface area contributed by atoms with Crippen molar-refractivity contribution >= 4 is 28.3 Å². The van der Waals surface area contributed by atoms with Crippen LogP contribution in [0.3, 0.4) is 0 Å². The van der Waals surface area contributed by atoms with E-state index in [0.717, 1.165) is 18.2 Å². The summed E-state index contributed by atoms with van der Waals surface area (Å²) in [5.74, 6) is -0.209. The zero-order valence-corrected chi connectivity index (χ0v) is 11.5. The first-order valence-corrected chi connectivity index (χ1v) is 6.58. The van der Waals surface area contributed by atoms with Gasteiger partial charge in [0.1, 0.15) is 0 Å². The van der Waals surface area contributed by atoms with Gasteiger partial charge in [0.25, 0.3) is 0 Å². The number of thiazole rings is 1. The van der Waals surface area contributed by atoms with E-state index in [0.29, 0.717) is 4.88 Å². The number of nitrogens with zero attached hydrogens (tertiary/aromatic N) is 2. The van der Waals surface area contributed by atoms with Crippen LogP contribution < -0.4 is 10.6 Å². The smallest absolute Gasteiger partial charge is 0.351 e. The fourth-order valence-electron chi connectivity index (χ4n) is 2.03. The number of rotatable bonds is 2. The molecule has 0 saturated carbocycles. The van der Waals surface area contributed by atoms with E-state index in [1.165, 1.54) is 18.4 Å². The summed E-state index contributed by atoms with van der Waals surface area (Å²) in [5, 5.41) is 0.745. The molecular formula is C11H17N3O3S. The van der Waals surface area contributed by atoms with Gasteiger partial charge in [0.15, 0.2) is 15.8 Å². The number of morpholine rings is 1. The molecule has 0 aliphatic carbocycles. The first-order chi connectivity index (χ1) is 8.51. The van der Waals surface area contributed by atoms with Crippen LogP contribution in [0.1, 0.15) is 23.5 Å². The molecule has 7 heteroatoms. The number of carbonyl (C=O) groups is 1. The van der Waals surface area contributed by atoms with Crippen LogP contribution in [0.2, 0.25) is 0 Å². The van der Waals surface area contributed by atoms with Crippen LogP contribution in [-0.4, -0.2) is 43.4 Å². The van der Waals surface area contributed by atoms with Crippen molar-refractivity contribution in [2.24, 2.45) is 0 Å². The lowest BCUT2D eigenvalue weighted by molar-refractivity contribution is -0.00522. The Balaban J connectivity index is 2.21. The van der Waals surface area contributed by atoms with E-state index in [-0.39, 0.29) is 18.0 Å². The number of nitrogen functional groups attached to an aromatic ring is 1. The second-order valence-electron chi connectivity index (χ2n) is 4.36. The Morgan fingerprint density at radius 3 is 2.67 bits per heavy atom. The number of aromatic nitrogens is 1. The number of carbonyl (C=O) groups excluding carboxylic acids is 1. The lowest BCUT2D eigenvalue weighted by Crippen LogP contribution is -2.45. The third kappa shape index (κ3) is 2.56. The molecule has 0 radical (unpaired) electrons. The Morgan fingerprint density at radius 1 is 1.50 bits per heavy atom. The molecule has 1 aliphatic rings. The van der Waals surface area contributed by atoms with Gasteiger partial charge in [0.2, 0.25) is 0 Å². The summed E-state index contributed by atoms with van der Waals surface area (Å²) < 4.78 is 10.3. The van der Waals surface area contributed by atoms with E-state index >= 15 is 0 Å². The molecule has 0 unspecified atom stereocenters. The third-order valence-electron chi connectivity index (χ3n) is 2.70. The molecular weight excluding hydrogens is 254 g/mol. The monoisotopic (exact) mass is 271 g/mol. The van der Waals surface area contributed by atoms with Crippen molar-refractivity contribution in [1.82, 2.24) is 4.98 Å². The van der Waals surface area contributed by atoms with Gasteiger partial charge in [-0.1, -0.05) is 11.3 Å². The molecule has 6 nitrogen and oxygen atoms in total. The lowest BCUT2D eigenvalue weighted by Gasteiger charge is -2.35. The van der Waals surface area contributed by atoms with E-state index in [9.17, 15) is 4.79 Å². The van der Waals surface area contributed by atoms with Crippen LogP contribution >= 0.6 is 11.3 Å². The number of methoxy groups -OCH3 is 1. The van der Waals surface area contributed by atoms with Gasteiger partial charge in [-0.05, 0) is 13.8 Å². The van der Waals surface area contributed by atoms with E-state index in [1.54, 1.807) is 0 Å². The molecule has 1 fully saturated rings. The summed E-state index contributed by atoms with van der Waals surface area (Å²) >= 11 is 1.26. The molecule has 1 aromatic rings. The van der Waals surface area contributed by atoms with Crippen molar-refractivity contribution in [2.75, 3.05) is 30.8 Å². The van der Waals surface area contributed by atoms with E-state index < -0.39 is 5.97 Å². The van der Waals surface area contributed by atoms with Gasteiger partial charge in [-0.15, -0.1) is 0 Å². The molecule has 1 saturated heterocycles. The molecule has 100 valence electrons. The number of esters is 1. The number of hydrogen-bond acceptors (Lipinski definition) is 7. The fraction of sp³-hybridized carbons (Fsp3) is 0.636. The van der Waals surface area contributed by atoms with Crippen LogP contribution in [-0.2, 0) is 9.47 Å². The molecule has 2 atom stereocenters. The highest BCUT2D eigenvalue weighted by molar-refractivity contribution is 7.18. The minimum Gasteiger partial charge on any atom is -0.465 e. The van der Waals surface area contributed by atoms with Crippen LogP contribution in [0.15, 0.2) is 0 Å². The van der Waals surface area contributed by atoms with Crippen LogP contribution in [0.5, 0.6) is 0 Å². The molecule has 1 aliphatic heterocycles. The first-order valence-electron chi connectivity index (χ1n) is 5.76. The average Bonchev–Trinajstić information content (AvgIpc) is 2.69. The maximum Gasteiger partial charge on any atom is 0.351 e. The van der Waals surface area contributed by atoms with Crippen LogP contribution in [0, 0.1) is 0 Å². The number of ether oxygens (including phenoxy) is 2. The van der Waals surface area contributed by atoms with E-state index in [2.05, 4.69) is 14.6 Å². The Kier molecular flexibility index (Phi) is 3.72. The quantitative estimate of drug-likeness (QED) is 0.812. The normalized spacial score (nSPS) is 24.1. The van der Waals surface area contributed by atoms with Crippen molar-refractivity contribution in [3.05, 3.63) is 4.88 Å². The van der Waals surface area contributed by atoms with Gasteiger partial charge in [-0.25, -0.2) is 9.78 Å². The molecule has 2 rings (SSSR count). The topological polar surface area (TPSA) is 77.7 Å². The molecule has 0 bridgehead atoms. The van der Waals surface area contributed by atoms with Crippen molar-refractivity contribution in [2.45, 2.75) is 26.1 Å². The van der Waals surface area contributed by atoms with Gasteiger partial charge in [-0.2, -0.15) is 0 Å². The Hall–Kier alpha value is -1.34. The molecule has 0 aromatic carbocycles. The number of nitrogens with two attached hydrogens (primary N) is 1. The summed E-state index contributed by atoms with van der Waals surface area (Å²) in [7, 11) is 1.33. The van der Waals surface area contributed by atoms with Crippen molar-refractivity contribution < 1.29 is 14.3 Å². The second-order valence-corrected chi connectivity index (χ2v) is 5.34. The van der Waals surface area contributed by atoms with Crippen LogP contribution in [0.25, 0.3) is 0 Å². The summed E-state index contributed by atoms with van der Waals surface area (Å²) in [4.78, 5) is 18.2. The lowest BCUT2D eigenvalue weighted by atomic mass is 10.2. The van der Waals surface area contributed by atoms with Crippen molar-refractivity contribution in [1.29, 1.82) is 0 Å². The predicted molar refractivity (Wildman–Crippen MR) is 70.1 cm³/mol. The SMILES string of the molecule is COC(=O)c1sc(N2C[C@@H](C)O[C@@H](C)C2)nc1N. The molecule has 18 heavy (non-hydrogen) atoms. The molecule has 1 aromatic heterocycles. The van der Waals surface area contributed by atoms with Gasteiger partial charge >= 0.3 is 5.97 Å². The Morgan fingerprint density at radius 2 is 2.11 bits per heavy atom. The van der Waals surface area contributed by atoms with Gasteiger partial charge in [0, 0.05) is 13.1 Å². The van der Waals surface area contributed by atoms with E-state index in [4.69, 9.17) is 10.5 Å². The van der Waals surface area contributed by atoms with Crippen LogP contribution in [0.4, 0.5) is 10.9 Å². The number of anilines is 2. The van der Waals surface area contributed by atoms with Crippen molar-refractivity contribution in [3.63, 3.8) is 0 Å². The van der Waals surface area contributed by atoms with E-state index in [1.807, 2.05) is 13.8 Å². The Labute approximate surface area is 110 Å². The zero-order chi connectivity index (χ0) is 13.3. The highest BCUT2D eigenvalue weighted by Gasteiger charge is 2.26. The third-order valence-corrected chi connectivity index (χ3v) is 3.81. The molecule has 0 amide bonds. The molecule has 0 spiro atoms. The van der Waals surface area contributed by atoms with Crippen molar-refractivity contribution in [3.8, 4) is 0 Å². The maximum atomic E-state index is 11.5. The number of hydrogen-bond donors (Lipinski definition) is 1. The summed E-state index contributed by atoms with van der Waals surface area (Å²) in [6, 6.07) is 0. The maximum absolute atomic E-state index is 11.5. The molecule has 2 N–H and O–H groups in total. The average molecular weight is 271 g/mol. The zero-order valence-electron chi connectivity index (χ0n) is 10.7. The predicted octanol–water partition coefficient (Wildman–Crippen LogP) is 1.13. The standard InChI is InChI=1S/C11H17N3O3S/c1-6-4-14(5-7(2)17-6)11-13-9(12)8(18-11)10(15)16-3/h6-7H,4-5,12H2,1-3H3/t6-,7+. The molecule has 2 heterocycles. The van der Waals surface area contributed by atoms with Gasteiger partial charge in [0.05, 0.1) is 19.3 Å². The highest BCUT2D eigenvalue weighted by atomic mass is 32.1. The first kappa shape index (κ1) is 13.1.